The van der Waals surface area contributed by atoms with Gasteiger partial charge in [-0.15, -0.1) is 0 Å². The first-order valence-electron chi connectivity index (χ1n) is 14.4. The number of cyclic esters (lactones) is 1. The van der Waals surface area contributed by atoms with Gasteiger partial charge >= 0.3 is 11.9 Å². The zero-order valence-corrected chi connectivity index (χ0v) is 23.0. The van der Waals surface area contributed by atoms with Crippen LogP contribution < -0.4 is 5.73 Å². The number of hydrogen-bond donors (Lipinski definition) is 1. The van der Waals surface area contributed by atoms with Crippen LogP contribution in [0.25, 0.3) is 0 Å². The molecule has 0 saturated carbocycles. The Hall–Kier alpha value is -1.43. The van der Waals surface area contributed by atoms with Crippen molar-refractivity contribution in [3.63, 3.8) is 0 Å². The summed E-state index contributed by atoms with van der Waals surface area (Å²) in [6, 6.07) is 0. The quantitative estimate of drug-likeness (QED) is 0.0780. The summed E-state index contributed by atoms with van der Waals surface area (Å²) in [6.07, 6.45) is 17.6. The summed E-state index contributed by atoms with van der Waals surface area (Å²) in [6.45, 7) is 8.25. The van der Waals surface area contributed by atoms with Gasteiger partial charge in [0, 0.05) is 6.42 Å². The van der Waals surface area contributed by atoms with Crippen LogP contribution in [0, 0.1) is 11.8 Å². The van der Waals surface area contributed by atoms with Gasteiger partial charge in [-0.3, -0.25) is 4.79 Å². The summed E-state index contributed by atoms with van der Waals surface area (Å²) in [4.78, 5) is 36.6. The highest BCUT2D eigenvalue weighted by Crippen LogP contribution is 2.33. The van der Waals surface area contributed by atoms with E-state index < -0.39 is 17.6 Å². The lowest BCUT2D eigenvalue weighted by atomic mass is 9.86. The van der Waals surface area contributed by atoms with Crippen molar-refractivity contribution >= 4 is 18.2 Å². The van der Waals surface area contributed by atoms with E-state index in [2.05, 4.69) is 13.8 Å². The van der Waals surface area contributed by atoms with Crippen molar-refractivity contribution in [1.29, 1.82) is 0 Å². The minimum Gasteiger partial charge on any atom is -0.461 e. The number of carbonyl (C=O) groups is 3. The summed E-state index contributed by atoms with van der Waals surface area (Å²) < 4.78 is 11.3. The van der Waals surface area contributed by atoms with Gasteiger partial charge in [0.25, 0.3) is 0 Å². The Morgan fingerprint density at radius 2 is 1.51 bits per heavy atom. The Kier molecular flexibility index (Phi) is 16.2. The number of hydrogen-bond acceptors (Lipinski definition) is 6. The summed E-state index contributed by atoms with van der Waals surface area (Å²) >= 11 is 0. The average Bonchev–Trinajstić information content (AvgIpc) is 2.81. The first kappa shape index (κ1) is 31.6. The van der Waals surface area contributed by atoms with Crippen molar-refractivity contribution in [3.05, 3.63) is 0 Å². The van der Waals surface area contributed by atoms with E-state index in [1.165, 1.54) is 51.4 Å². The van der Waals surface area contributed by atoms with Gasteiger partial charge in [-0.25, -0.2) is 4.79 Å². The van der Waals surface area contributed by atoms with E-state index in [0.29, 0.717) is 19.1 Å². The van der Waals surface area contributed by atoms with Crippen LogP contribution in [-0.2, 0) is 23.9 Å². The monoisotopic (exact) mass is 495 g/mol. The third kappa shape index (κ3) is 12.4. The van der Waals surface area contributed by atoms with Crippen molar-refractivity contribution < 1.29 is 23.9 Å². The first-order valence-corrected chi connectivity index (χ1v) is 14.4. The normalized spacial score (nSPS) is 20.1. The summed E-state index contributed by atoms with van der Waals surface area (Å²) in [5.41, 5.74) is 4.50. The largest absolute Gasteiger partial charge is 0.461 e. The highest BCUT2D eigenvalue weighted by Gasteiger charge is 2.44. The van der Waals surface area contributed by atoms with Crippen LogP contribution in [0.15, 0.2) is 0 Å². The van der Waals surface area contributed by atoms with Crippen LogP contribution in [0.4, 0.5) is 0 Å². The smallest absolute Gasteiger partial charge is 0.333 e. The molecule has 0 spiro atoms. The molecule has 1 rings (SSSR count). The molecular weight excluding hydrogens is 442 g/mol. The number of nitrogens with two attached hydrogens (primary N) is 1. The molecule has 6 nitrogen and oxygen atoms in total. The standard InChI is InChI=1S/C29H53NO5/c1-5-7-9-11-12-13-14-15-16-18-24(34-28(33)29(30,22-31)21-23(3)4)20-26-25(27(32)35-26)19-17-10-8-6-2/h22-26H,5-21,30H2,1-4H3. The number of carbonyl (C=O) groups excluding carboxylic acids is 3. The third-order valence-electron chi connectivity index (χ3n) is 7.12. The van der Waals surface area contributed by atoms with E-state index in [1.54, 1.807) is 0 Å². The van der Waals surface area contributed by atoms with E-state index in [9.17, 15) is 14.4 Å². The summed E-state index contributed by atoms with van der Waals surface area (Å²) in [5.74, 6) is -0.818. The molecule has 0 radical (unpaired) electrons. The van der Waals surface area contributed by atoms with Gasteiger partial charge in [0.2, 0.25) is 0 Å². The molecule has 204 valence electrons. The second-order valence-corrected chi connectivity index (χ2v) is 11.1. The molecule has 2 N–H and O–H groups in total. The molecule has 1 aliphatic heterocycles. The van der Waals surface area contributed by atoms with Crippen LogP contribution in [0.3, 0.4) is 0 Å². The Morgan fingerprint density at radius 1 is 0.971 bits per heavy atom. The summed E-state index contributed by atoms with van der Waals surface area (Å²) in [7, 11) is 0. The van der Waals surface area contributed by atoms with Crippen LogP contribution in [0.2, 0.25) is 0 Å². The molecule has 6 heteroatoms. The van der Waals surface area contributed by atoms with Gasteiger partial charge in [0.15, 0.2) is 11.8 Å². The number of ether oxygens (including phenoxy) is 2. The van der Waals surface area contributed by atoms with E-state index in [1.807, 2.05) is 13.8 Å². The second-order valence-electron chi connectivity index (χ2n) is 11.1. The zero-order valence-electron chi connectivity index (χ0n) is 23.0. The lowest BCUT2D eigenvalue weighted by Gasteiger charge is -2.37. The van der Waals surface area contributed by atoms with E-state index in [4.69, 9.17) is 15.2 Å². The van der Waals surface area contributed by atoms with Crippen LogP contribution in [0.5, 0.6) is 0 Å². The highest BCUT2D eigenvalue weighted by atomic mass is 16.6. The second kappa shape index (κ2) is 17.9. The molecule has 0 aromatic heterocycles. The van der Waals surface area contributed by atoms with Crippen LogP contribution in [0.1, 0.15) is 137 Å². The van der Waals surface area contributed by atoms with Crippen LogP contribution in [-0.4, -0.2) is 36.0 Å². The van der Waals surface area contributed by atoms with Crippen molar-refractivity contribution in [3.8, 4) is 0 Å². The maximum atomic E-state index is 12.9. The Morgan fingerprint density at radius 3 is 2.03 bits per heavy atom. The summed E-state index contributed by atoms with van der Waals surface area (Å²) in [5, 5.41) is 0. The van der Waals surface area contributed by atoms with Gasteiger partial charge in [0.05, 0.1) is 5.92 Å². The fourth-order valence-electron chi connectivity index (χ4n) is 4.99. The Bertz CT molecular complexity index is 608. The topological polar surface area (TPSA) is 95.7 Å². The minimum absolute atomic E-state index is 0.0913. The van der Waals surface area contributed by atoms with Gasteiger partial charge < -0.3 is 20.0 Å². The first-order chi connectivity index (χ1) is 16.8. The maximum Gasteiger partial charge on any atom is 0.333 e. The lowest BCUT2D eigenvalue weighted by molar-refractivity contribution is -0.190. The fourth-order valence-corrected chi connectivity index (χ4v) is 4.99. The minimum atomic E-state index is -1.62. The number of rotatable bonds is 22. The van der Waals surface area contributed by atoms with Crippen molar-refractivity contribution in [1.82, 2.24) is 0 Å². The molecule has 35 heavy (non-hydrogen) atoms. The van der Waals surface area contributed by atoms with Gasteiger partial charge in [-0.2, -0.15) is 0 Å². The number of aldehydes is 1. The van der Waals surface area contributed by atoms with Gasteiger partial charge in [-0.05, 0) is 31.6 Å². The Labute approximate surface area is 214 Å². The molecule has 1 aliphatic rings. The molecule has 1 fully saturated rings. The molecule has 0 aromatic rings. The molecule has 4 atom stereocenters. The Balaban J connectivity index is 2.62. The van der Waals surface area contributed by atoms with Crippen molar-refractivity contribution in [2.75, 3.05) is 0 Å². The van der Waals surface area contributed by atoms with E-state index in [0.717, 1.165) is 38.5 Å². The molecule has 1 heterocycles. The predicted octanol–water partition coefficient (Wildman–Crippen LogP) is 6.66. The molecule has 0 aliphatic carbocycles. The lowest BCUT2D eigenvalue weighted by Crippen LogP contribution is -2.53. The predicted molar refractivity (Wildman–Crippen MR) is 141 cm³/mol. The van der Waals surface area contributed by atoms with Crippen LogP contribution >= 0.6 is 0 Å². The molecule has 4 unspecified atom stereocenters. The van der Waals surface area contributed by atoms with E-state index in [-0.39, 0.29) is 30.3 Å². The van der Waals surface area contributed by atoms with Gasteiger partial charge in [-0.1, -0.05) is 105 Å². The van der Waals surface area contributed by atoms with Gasteiger partial charge in [0.1, 0.15) is 12.2 Å². The fraction of sp³-hybridized carbons (Fsp3) is 0.897. The van der Waals surface area contributed by atoms with Crippen molar-refractivity contribution in [2.24, 2.45) is 17.6 Å². The SMILES string of the molecule is CCCCCCCCCCCC(CC1OC(=O)C1CCCCCC)OC(=O)C(N)(C=O)CC(C)C. The number of unbranched alkanes of at least 4 members (excludes halogenated alkanes) is 11. The average molecular weight is 496 g/mol. The molecule has 1 saturated heterocycles. The third-order valence-corrected chi connectivity index (χ3v) is 7.12. The molecule has 0 bridgehead atoms. The zero-order chi connectivity index (χ0) is 26.1. The maximum absolute atomic E-state index is 12.9. The van der Waals surface area contributed by atoms with E-state index >= 15 is 0 Å². The molecule has 0 amide bonds. The van der Waals surface area contributed by atoms with Crippen molar-refractivity contribution in [2.45, 2.75) is 155 Å². The number of esters is 2. The highest BCUT2D eigenvalue weighted by molar-refractivity contribution is 5.98. The molecule has 0 aromatic carbocycles. The molecular formula is C29H53NO5.